The van der Waals surface area contributed by atoms with Crippen LogP contribution in [0.4, 0.5) is 0 Å². The van der Waals surface area contributed by atoms with Gasteiger partial charge in [0.25, 0.3) is 0 Å². The van der Waals surface area contributed by atoms with Crippen LogP contribution in [0.2, 0.25) is 10.2 Å². The summed E-state index contributed by atoms with van der Waals surface area (Å²) >= 11 is 12.2. The van der Waals surface area contributed by atoms with Crippen LogP contribution in [-0.4, -0.2) is 15.1 Å². The molecule has 0 bridgehead atoms. The quantitative estimate of drug-likeness (QED) is 0.667. The highest BCUT2D eigenvalue weighted by Crippen LogP contribution is 2.28. The van der Waals surface area contributed by atoms with Gasteiger partial charge < -0.3 is 5.11 Å². The van der Waals surface area contributed by atoms with E-state index < -0.39 is 0 Å². The van der Waals surface area contributed by atoms with Gasteiger partial charge in [0.1, 0.15) is 10.9 Å². The van der Waals surface area contributed by atoms with E-state index in [4.69, 9.17) is 23.2 Å². The van der Waals surface area contributed by atoms with Crippen molar-refractivity contribution in [2.45, 2.75) is 6.92 Å². The highest BCUT2D eigenvalue weighted by Gasteiger charge is 2.09. The molecule has 20 heavy (non-hydrogen) atoms. The van der Waals surface area contributed by atoms with E-state index in [1.54, 1.807) is 24.3 Å². The molecule has 100 valence electrons. The van der Waals surface area contributed by atoms with Crippen molar-refractivity contribution >= 4 is 34.1 Å². The van der Waals surface area contributed by atoms with E-state index in [1.165, 1.54) is 0 Å². The lowest BCUT2D eigenvalue weighted by atomic mass is 10.1. The van der Waals surface area contributed by atoms with E-state index in [0.29, 0.717) is 26.9 Å². The minimum absolute atomic E-state index is 0.134. The van der Waals surface area contributed by atoms with Gasteiger partial charge in [-0.15, -0.1) is 0 Å². The number of aryl methyl sites for hydroxylation is 1. The number of halogens is 2. The Bertz CT molecular complexity index is 798. The maximum Gasteiger partial charge on any atom is 0.161 e. The summed E-state index contributed by atoms with van der Waals surface area (Å²) in [4.78, 5) is 8.74. The minimum atomic E-state index is 0.134. The normalized spacial score (nSPS) is 10.9. The molecule has 0 aliphatic heterocycles. The molecule has 0 saturated heterocycles. The Kier molecular flexibility index (Phi) is 3.24. The molecule has 0 atom stereocenters. The molecule has 1 heterocycles. The summed E-state index contributed by atoms with van der Waals surface area (Å²) in [5, 5.41) is 11.0. The van der Waals surface area contributed by atoms with Crippen LogP contribution in [0.1, 0.15) is 5.56 Å². The number of hydrogen-bond donors (Lipinski definition) is 1. The summed E-state index contributed by atoms with van der Waals surface area (Å²) in [6, 6.07) is 10.4. The van der Waals surface area contributed by atoms with Crippen molar-refractivity contribution in [1.82, 2.24) is 9.97 Å². The number of phenols is 1. The van der Waals surface area contributed by atoms with Gasteiger partial charge in [-0.2, -0.15) is 0 Å². The van der Waals surface area contributed by atoms with E-state index >= 15 is 0 Å². The Morgan fingerprint density at radius 1 is 1.00 bits per heavy atom. The van der Waals surface area contributed by atoms with Crippen LogP contribution in [0.3, 0.4) is 0 Å². The van der Waals surface area contributed by atoms with Crippen molar-refractivity contribution in [3.05, 3.63) is 52.1 Å². The molecule has 0 aliphatic rings. The lowest BCUT2D eigenvalue weighted by Crippen LogP contribution is -1.92. The Morgan fingerprint density at radius 3 is 2.55 bits per heavy atom. The first-order chi connectivity index (χ1) is 9.52. The van der Waals surface area contributed by atoms with Crippen molar-refractivity contribution in [2.75, 3.05) is 0 Å². The minimum Gasteiger partial charge on any atom is -0.508 e. The average Bonchev–Trinajstić information content (AvgIpc) is 2.38. The standard InChI is InChI=1S/C15H10Cl2N2O/c1-8-4-9(6-10(16)5-8)15-18-13-3-2-11(20)7-12(13)14(17)19-15/h2-7,20H,1H3. The number of aromatic hydroxyl groups is 1. The first kappa shape index (κ1) is 13.2. The van der Waals surface area contributed by atoms with Crippen molar-refractivity contribution < 1.29 is 5.11 Å². The van der Waals surface area contributed by atoms with E-state index in [2.05, 4.69) is 9.97 Å². The molecule has 2 aromatic carbocycles. The largest absolute Gasteiger partial charge is 0.508 e. The number of phenolic OH excluding ortho intramolecular Hbond substituents is 1. The van der Waals surface area contributed by atoms with Gasteiger partial charge >= 0.3 is 0 Å². The zero-order valence-electron chi connectivity index (χ0n) is 10.6. The second-order valence-electron chi connectivity index (χ2n) is 4.56. The molecule has 0 saturated carbocycles. The molecule has 0 spiro atoms. The summed E-state index contributed by atoms with van der Waals surface area (Å²) in [6.45, 7) is 1.95. The molecule has 0 fully saturated rings. The molecule has 0 amide bonds. The van der Waals surface area contributed by atoms with Crippen LogP contribution < -0.4 is 0 Å². The summed E-state index contributed by atoms with van der Waals surface area (Å²) < 4.78 is 0. The fraction of sp³-hybridized carbons (Fsp3) is 0.0667. The molecule has 1 aromatic heterocycles. The van der Waals surface area contributed by atoms with Crippen molar-refractivity contribution in [1.29, 1.82) is 0 Å². The van der Waals surface area contributed by atoms with Gasteiger partial charge in [-0.3, -0.25) is 0 Å². The van der Waals surface area contributed by atoms with E-state index in [-0.39, 0.29) is 5.75 Å². The fourth-order valence-corrected chi connectivity index (χ4v) is 2.59. The average molecular weight is 305 g/mol. The number of nitrogens with zero attached hydrogens (tertiary/aromatic N) is 2. The lowest BCUT2D eigenvalue weighted by Gasteiger charge is -2.06. The van der Waals surface area contributed by atoms with Crippen molar-refractivity contribution in [3.8, 4) is 17.1 Å². The third kappa shape index (κ3) is 2.42. The van der Waals surface area contributed by atoms with Crippen molar-refractivity contribution in [3.63, 3.8) is 0 Å². The molecule has 3 aromatic rings. The van der Waals surface area contributed by atoms with Crippen LogP contribution in [0.15, 0.2) is 36.4 Å². The summed E-state index contributed by atoms with van der Waals surface area (Å²) in [6.07, 6.45) is 0. The number of hydrogen-bond acceptors (Lipinski definition) is 3. The van der Waals surface area contributed by atoms with Gasteiger partial charge in [0, 0.05) is 16.0 Å². The molecule has 0 unspecified atom stereocenters. The van der Waals surface area contributed by atoms with Crippen LogP contribution in [0, 0.1) is 6.92 Å². The fourth-order valence-electron chi connectivity index (χ4n) is 2.07. The monoisotopic (exact) mass is 304 g/mol. The van der Waals surface area contributed by atoms with Gasteiger partial charge in [-0.25, -0.2) is 9.97 Å². The second kappa shape index (κ2) is 4.93. The van der Waals surface area contributed by atoms with Crippen LogP contribution >= 0.6 is 23.2 Å². The zero-order valence-corrected chi connectivity index (χ0v) is 12.1. The maximum absolute atomic E-state index is 9.48. The van der Waals surface area contributed by atoms with E-state index in [1.807, 2.05) is 19.1 Å². The number of rotatable bonds is 1. The van der Waals surface area contributed by atoms with Crippen LogP contribution in [0.25, 0.3) is 22.3 Å². The lowest BCUT2D eigenvalue weighted by molar-refractivity contribution is 0.476. The van der Waals surface area contributed by atoms with Gasteiger partial charge in [0.2, 0.25) is 0 Å². The van der Waals surface area contributed by atoms with Crippen LogP contribution in [-0.2, 0) is 0 Å². The smallest absolute Gasteiger partial charge is 0.161 e. The summed E-state index contributed by atoms with van der Waals surface area (Å²) in [5.41, 5.74) is 2.51. The molecular weight excluding hydrogens is 295 g/mol. The second-order valence-corrected chi connectivity index (χ2v) is 5.35. The maximum atomic E-state index is 9.48. The third-order valence-corrected chi connectivity index (χ3v) is 3.44. The molecule has 0 radical (unpaired) electrons. The molecule has 5 heteroatoms. The SMILES string of the molecule is Cc1cc(Cl)cc(-c2nc(Cl)c3cc(O)ccc3n2)c1. The molecular formula is C15H10Cl2N2O. The predicted molar refractivity (Wildman–Crippen MR) is 81.4 cm³/mol. The Morgan fingerprint density at radius 2 is 1.80 bits per heavy atom. The van der Waals surface area contributed by atoms with E-state index in [9.17, 15) is 5.11 Å². The van der Waals surface area contributed by atoms with Gasteiger partial charge in [-0.1, -0.05) is 23.2 Å². The predicted octanol–water partition coefficient (Wildman–Crippen LogP) is 4.62. The molecule has 3 rings (SSSR count). The van der Waals surface area contributed by atoms with Gasteiger partial charge in [0.15, 0.2) is 5.82 Å². The zero-order chi connectivity index (χ0) is 14.3. The highest BCUT2D eigenvalue weighted by atomic mass is 35.5. The van der Waals surface area contributed by atoms with E-state index in [0.717, 1.165) is 11.1 Å². The molecule has 1 N–H and O–H groups in total. The first-order valence-corrected chi connectivity index (χ1v) is 6.72. The molecule has 3 nitrogen and oxygen atoms in total. The number of fused-ring (bicyclic) bond motifs is 1. The number of benzene rings is 2. The van der Waals surface area contributed by atoms with Gasteiger partial charge in [0.05, 0.1) is 5.52 Å². The number of aromatic nitrogens is 2. The Hall–Kier alpha value is -1.84. The highest BCUT2D eigenvalue weighted by molar-refractivity contribution is 6.34. The third-order valence-electron chi connectivity index (χ3n) is 2.93. The first-order valence-electron chi connectivity index (χ1n) is 5.97. The topological polar surface area (TPSA) is 46.0 Å². The Balaban J connectivity index is 2.24. The molecule has 0 aliphatic carbocycles. The summed E-state index contributed by atoms with van der Waals surface area (Å²) in [5.74, 6) is 0.646. The van der Waals surface area contributed by atoms with Crippen molar-refractivity contribution in [2.24, 2.45) is 0 Å². The Labute approximate surface area is 125 Å². The van der Waals surface area contributed by atoms with Gasteiger partial charge in [-0.05, 0) is 48.9 Å². The summed E-state index contributed by atoms with van der Waals surface area (Å²) in [7, 11) is 0. The van der Waals surface area contributed by atoms with Crippen LogP contribution in [0.5, 0.6) is 5.75 Å².